The molecule has 1 heterocycles. The van der Waals surface area contributed by atoms with E-state index >= 15 is 0 Å². The van der Waals surface area contributed by atoms with Crippen LogP contribution in [0.4, 0.5) is 0 Å². The van der Waals surface area contributed by atoms with Crippen molar-refractivity contribution in [3.8, 4) is 11.1 Å². The lowest BCUT2D eigenvalue weighted by Gasteiger charge is -2.45. The van der Waals surface area contributed by atoms with E-state index in [-0.39, 0.29) is 11.4 Å². The number of nitrogens with one attached hydrogen (secondary N) is 2. The molecule has 1 aliphatic carbocycles. The van der Waals surface area contributed by atoms with Crippen LogP contribution in [0.15, 0.2) is 54.6 Å². The first-order valence-corrected chi connectivity index (χ1v) is 11.5. The van der Waals surface area contributed by atoms with E-state index in [1.54, 1.807) is 4.90 Å². The molecule has 2 aromatic rings. The van der Waals surface area contributed by atoms with Crippen LogP contribution in [-0.2, 0) is 11.2 Å². The van der Waals surface area contributed by atoms with Crippen LogP contribution in [-0.4, -0.2) is 31.1 Å². The van der Waals surface area contributed by atoms with Crippen molar-refractivity contribution in [1.82, 2.24) is 5.32 Å². The monoisotopic (exact) mass is 391 g/mol. The van der Waals surface area contributed by atoms with Crippen molar-refractivity contribution in [2.75, 3.05) is 19.6 Å². The third kappa shape index (κ3) is 5.08. The number of hydrogen-bond acceptors (Lipinski definition) is 1. The first-order chi connectivity index (χ1) is 14.3. The maximum absolute atomic E-state index is 12.7. The SMILES string of the molecule is O=C(Cc1ccc(-c2ccccc2)cc1)NCC1([NH+]2CCCCC2)CCCCC1. The molecular formula is C26H35N2O+. The molecule has 3 nitrogen and oxygen atoms in total. The quantitative estimate of drug-likeness (QED) is 0.772. The number of quaternary nitrogens is 1. The first-order valence-electron chi connectivity index (χ1n) is 11.5. The van der Waals surface area contributed by atoms with Gasteiger partial charge < -0.3 is 10.2 Å². The zero-order valence-corrected chi connectivity index (χ0v) is 17.6. The normalized spacial score (nSPS) is 19.6. The average molecular weight is 392 g/mol. The van der Waals surface area contributed by atoms with Gasteiger partial charge in [0.25, 0.3) is 0 Å². The summed E-state index contributed by atoms with van der Waals surface area (Å²) in [7, 11) is 0. The van der Waals surface area contributed by atoms with E-state index in [9.17, 15) is 4.79 Å². The highest BCUT2D eigenvalue weighted by Crippen LogP contribution is 2.26. The van der Waals surface area contributed by atoms with Gasteiger partial charge in [-0.25, -0.2) is 0 Å². The number of amides is 1. The van der Waals surface area contributed by atoms with Gasteiger partial charge in [0.1, 0.15) is 5.54 Å². The molecule has 2 aliphatic rings. The number of likely N-dealkylation sites (tertiary alicyclic amines) is 1. The van der Waals surface area contributed by atoms with E-state index < -0.39 is 0 Å². The minimum atomic E-state index is 0.166. The molecule has 3 heteroatoms. The summed E-state index contributed by atoms with van der Waals surface area (Å²) in [6.45, 7) is 3.43. The molecule has 1 amide bonds. The fraction of sp³-hybridized carbons (Fsp3) is 0.500. The van der Waals surface area contributed by atoms with Gasteiger partial charge in [-0.05, 0) is 48.8 Å². The van der Waals surface area contributed by atoms with Gasteiger partial charge >= 0.3 is 0 Å². The third-order valence-electron chi connectivity index (χ3n) is 7.07. The minimum absolute atomic E-state index is 0.166. The minimum Gasteiger partial charge on any atom is -0.350 e. The topological polar surface area (TPSA) is 33.5 Å². The molecule has 0 aromatic heterocycles. The zero-order valence-electron chi connectivity index (χ0n) is 17.6. The molecule has 1 saturated carbocycles. The Bertz CT molecular complexity index is 772. The van der Waals surface area contributed by atoms with Crippen LogP contribution >= 0.6 is 0 Å². The number of piperidine rings is 1. The first kappa shape index (κ1) is 20.2. The predicted molar refractivity (Wildman–Crippen MR) is 119 cm³/mol. The van der Waals surface area contributed by atoms with Gasteiger partial charge in [0.2, 0.25) is 5.91 Å². The van der Waals surface area contributed by atoms with Crippen LogP contribution in [0.5, 0.6) is 0 Å². The lowest BCUT2D eigenvalue weighted by Crippen LogP contribution is -3.22. The Morgan fingerprint density at radius 1 is 0.793 bits per heavy atom. The average Bonchev–Trinajstić information content (AvgIpc) is 2.80. The Morgan fingerprint density at radius 2 is 1.41 bits per heavy atom. The van der Waals surface area contributed by atoms with Crippen molar-refractivity contribution < 1.29 is 9.69 Å². The summed E-state index contributed by atoms with van der Waals surface area (Å²) < 4.78 is 0. The van der Waals surface area contributed by atoms with Crippen molar-refractivity contribution in [1.29, 1.82) is 0 Å². The van der Waals surface area contributed by atoms with Crippen LogP contribution in [0.2, 0.25) is 0 Å². The van der Waals surface area contributed by atoms with Crippen LogP contribution in [0.25, 0.3) is 11.1 Å². The van der Waals surface area contributed by atoms with Crippen molar-refractivity contribution in [3.63, 3.8) is 0 Å². The molecule has 2 N–H and O–H groups in total. The standard InChI is InChI=1S/C26H34N2O/c29-25(20-22-12-14-24(15-13-22)23-10-4-1-5-11-23)27-21-26(16-6-2-7-17-26)28-18-8-3-9-19-28/h1,4-5,10-15H,2-3,6-9,16-21H2,(H,27,29)/p+1. The van der Waals surface area contributed by atoms with Crippen molar-refractivity contribution in [2.24, 2.45) is 0 Å². The van der Waals surface area contributed by atoms with Crippen molar-refractivity contribution >= 4 is 5.91 Å². The fourth-order valence-corrected chi connectivity index (χ4v) is 5.35. The Hall–Kier alpha value is -2.13. The highest BCUT2D eigenvalue weighted by atomic mass is 16.1. The zero-order chi connectivity index (χ0) is 19.9. The molecule has 1 aliphatic heterocycles. The number of benzene rings is 2. The van der Waals surface area contributed by atoms with Crippen LogP contribution in [0.3, 0.4) is 0 Å². The summed E-state index contributed by atoms with van der Waals surface area (Å²) in [5.41, 5.74) is 3.79. The summed E-state index contributed by atoms with van der Waals surface area (Å²) in [6, 6.07) is 18.8. The maximum atomic E-state index is 12.7. The highest BCUT2D eigenvalue weighted by Gasteiger charge is 2.42. The lowest BCUT2D eigenvalue weighted by atomic mass is 9.79. The Morgan fingerprint density at radius 3 is 2.10 bits per heavy atom. The van der Waals surface area contributed by atoms with Gasteiger partial charge in [-0.1, -0.05) is 61.0 Å². The molecule has 0 atom stereocenters. The molecule has 2 aromatic carbocycles. The molecule has 4 rings (SSSR count). The maximum Gasteiger partial charge on any atom is 0.224 e. The van der Waals surface area contributed by atoms with Crippen molar-refractivity contribution in [3.05, 3.63) is 60.2 Å². The van der Waals surface area contributed by atoms with Crippen molar-refractivity contribution in [2.45, 2.75) is 63.3 Å². The Balaban J connectivity index is 1.35. The molecule has 154 valence electrons. The van der Waals surface area contributed by atoms with E-state index in [0.29, 0.717) is 6.42 Å². The Kier molecular flexibility index (Phi) is 6.66. The molecule has 29 heavy (non-hydrogen) atoms. The number of rotatable bonds is 6. The van der Waals surface area contributed by atoms with E-state index in [1.165, 1.54) is 75.6 Å². The van der Waals surface area contributed by atoms with Gasteiger partial charge in [-0.2, -0.15) is 0 Å². The van der Waals surface area contributed by atoms with Crippen LogP contribution in [0.1, 0.15) is 56.9 Å². The molecule has 0 unspecified atom stereocenters. The second-order valence-electron chi connectivity index (χ2n) is 9.02. The predicted octanol–water partition coefficient (Wildman–Crippen LogP) is 3.78. The summed E-state index contributed by atoms with van der Waals surface area (Å²) in [5.74, 6) is 0.166. The number of carbonyl (C=O) groups excluding carboxylic acids is 1. The van der Waals surface area contributed by atoms with Crippen LogP contribution < -0.4 is 10.2 Å². The largest absolute Gasteiger partial charge is 0.350 e. The summed E-state index contributed by atoms with van der Waals surface area (Å²) in [5, 5.41) is 3.33. The number of carbonyl (C=O) groups is 1. The lowest BCUT2D eigenvalue weighted by molar-refractivity contribution is -0.957. The van der Waals surface area contributed by atoms with Gasteiger partial charge in [-0.3, -0.25) is 4.79 Å². The number of hydrogen-bond donors (Lipinski definition) is 2. The molecule has 1 saturated heterocycles. The fourth-order valence-electron chi connectivity index (χ4n) is 5.35. The van der Waals surface area contributed by atoms with Gasteiger partial charge in [0.15, 0.2) is 0 Å². The van der Waals surface area contributed by atoms with Gasteiger partial charge in [0, 0.05) is 12.8 Å². The molecule has 0 spiro atoms. The van der Waals surface area contributed by atoms with E-state index in [4.69, 9.17) is 0 Å². The van der Waals surface area contributed by atoms with Gasteiger partial charge in [0.05, 0.1) is 26.1 Å². The van der Waals surface area contributed by atoms with Gasteiger partial charge in [-0.15, -0.1) is 0 Å². The van der Waals surface area contributed by atoms with E-state index in [0.717, 1.165) is 12.1 Å². The second kappa shape index (κ2) is 9.58. The summed E-state index contributed by atoms with van der Waals surface area (Å²) in [6.07, 6.45) is 11.1. The summed E-state index contributed by atoms with van der Waals surface area (Å²) >= 11 is 0. The third-order valence-corrected chi connectivity index (χ3v) is 7.07. The highest BCUT2D eigenvalue weighted by molar-refractivity contribution is 5.79. The van der Waals surface area contributed by atoms with E-state index in [1.807, 2.05) is 6.07 Å². The molecule has 0 bridgehead atoms. The smallest absolute Gasteiger partial charge is 0.224 e. The molecule has 0 radical (unpaired) electrons. The van der Waals surface area contributed by atoms with E-state index in [2.05, 4.69) is 53.8 Å². The second-order valence-corrected chi connectivity index (χ2v) is 9.02. The Labute approximate surface area is 175 Å². The molecule has 2 fully saturated rings. The molecular weight excluding hydrogens is 356 g/mol. The summed E-state index contributed by atoms with van der Waals surface area (Å²) in [4.78, 5) is 14.5. The van der Waals surface area contributed by atoms with Crippen LogP contribution in [0, 0.1) is 0 Å².